The van der Waals surface area contributed by atoms with E-state index in [0.717, 1.165) is 10.6 Å². The molecule has 1 aromatic heterocycles. The maximum absolute atomic E-state index is 11.5. The molecule has 0 saturated carbocycles. The Kier molecular flexibility index (Phi) is 5.44. The van der Waals surface area contributed by atoms with Gasteiger partial charge in [-0.3, -0.25) is 9.78 Å². The van der Waals surface area contributed by atoms with E-state index in [0.29, 0.717) is 13.0 Å². The second-order valence-corrected chi connectivity index (χ2v) is 5.09. The van der Waals surface area contributed by atoms with Crippen LogP contribution in [0.3, 0.4) is 0 Å². The lowest BCUT2D eigenvalue weighted by molar-refractivity contribution is -0.149. The molecule has 1 aromatic rings. The van der Waals surface area contributed by atoms with Gasteiger partial charge in [0, 0.05) is 23.0 Å². The monoisotopic (exact) mass is 254 g/mol. The van der Waals surface area contributed by atoms with Crippen LogP contribution < -0.4 is 5.73 Å². The van der Waals surface area contributed by atoms with E-state index in [-0.39, 0.29) is 5.97 Å². The molecule has 1 rings (SSSR count). The van der Waals surface area contributed by atoms with Gasteiger partial charge in [-0.2, -0.15) is 0 Å². The van der Waals surface area contributed by atoms with E-state index in [9.17, 15) is 4.79 Å². The van der Waals surface area contributed by atoms with Gasteiger partial charge >= 0.3 is 5.97 Å². The minimum Gasteiger partial charge on any atom is -0.465 e. The zero-order valence-corrected chi connectivity index (χ0v) is 11.0. The zero-order chi connectivity index (χ0) is 12.7. The number of ether oxygens (including phenoxy) is 1. The first-order valence-electron chi connectivity index (χ1n) is 5.55. The standard InChI is InChI=1S/C12H18N2O2S/c1-3-16-11(15)12(2,13)6-9-17-10-4-7-14-8-5-10/h4-5,7-8H,3,6,9,13H2,1-2H3. The van der Waals surface area contributed by atoms with Crippen molar-refractivity contribution in [3.05, 3.63) is 24.5 Å². The van der Waals surface area contributed by atoms with E-state index in [4.69, 9.17) is 10.5 Å². The summed E-state index contributed by atoms with van der Waals surface area (Å²) in [6.07, 6.45) is 4.07. The van der Waals surface area contributed by atoms with Crippen LogP contribution in [0.2, 0.25) is 0 Å². The molecule has 2 N–H and O–H groups in total. The summed E-state index contributed by atoms with van der Waals surface area (Å²) in [5, 5.41) is 0. The summed E-state index contributed by atoms with van der Waals surface area (Å²) in [7, 11) is 0. The Morgan fingerprint density at radius 1 is 1.53 bits per heavy atom. The molecular formula is C12H18N2O2S. The molecule has 1 atom stereocenters. The average molecular weight is 254 g/mol. The molecule has 0 saturated heterocycles. The summed E-state index contributed by atoms with van der Waals surface area (Å²) >= 11 is 1.66. The van der Waals surface area contributed by atoms with Crippen LogP contribution in [0.5, 0.6) is 0 Å². The predicted molar refractivity (Wildman–Crippen MR) is 68.8 cm³/mol. The molecule has 0 aliphatic rings. The third kappa shape index (κ3) is 4.75. The van der Waals surface area contributed by atoms with Crippen molar-refractivity contribution in [1.82, 2.24) is 4.98 Å². The van der Waals surface area contributed by atoms with Crippen molar-refractivity contribution in [2.24, 2.45) is 5.73 Å². The van der Waals surface area contributed by atoms with Gasteiger partial charge < -0.3 is 10.5 Å². The van der Waals surface area contributed by atoms with E-state index in [1.54, 1.807) is 38.0 Å². The SMILES string of the molecule is CCOC(=O)C(C)(N)CCSc1ccncc1. The molecule has 0 amide bonds. The van der Waals surface area contributed by atoms with Gasteiger partial charge in [-0.25, -0.2) is 0 Å². The number of pyridine rings is 1. The highest BCUT2D eigenvalue weighted by molar-refractivity contribution is 7.99. The second kappa shape index (κ2) is 6.61. The minimum atomic E-state index is -0.907. The first-order chi connectivity index (χ1) is 8.06. The van der Waals surface area contributed by atoms with Gasteiger partial charge in [0.1, 0.15) is 5.54 Å². The minimum absolute atomic E-state index is 0.338. The van der Waals surface area contributed by atoms with Gasteiger partial charge in [-0.1, -0.05) is 0 Å². The Balaban J connectivity index is 2.37. The Bertz CT molecular complexity index is 355. The molecule has 0 aliphatic carbocycles. The summed E-state index contributed by atoms with van der Waals surface area (Å²) in [5.41, 5.74) is 5.00. The molecule has 0 fully saturated rings. The quantitative estimate of drug-likeness (QED) is 0.620. The topological polar surface area (TPSA) is 65.2 Å². The van der Waals surface area contributed by atoms with Crippen molar-refractivity contribution in [1.29, 1.82) is 0 Å². The highest BCUT2D eigenvalue weighted by Gasteiger charge is 2.29. The molecule has 17 heavy (non-hydrogen) atoms. The number of nitrogens with zero attached hydrogens (tertiary/aromatic N) is 1. The molecule has 0 bridgehead atoms. The van der Waals surface area contributed by atoms with E-state index < -0.39 is 5.54 Å². The summed E-state index contributed by atoms with van der Waals surface area (Å²) in [6, 6.07) is 3.87. The van der Waals surface area contributed by atoms with Crippen molar-refractivity contribution in [2.45, 2.75) is 30.7 Å². The maximum atomic E-state index is 11.5. The normalized spacial score (nSPS) is 14.1. The van der Waals surface area contributed by atoms with Crippen LogP contribution in [0.1, 0.15) is 20.3 Å². The fourth-order valence-corrected chi connectivity index (χ4v) is 2.29. The van der Waals surface area contributed by atoms with Crippen molar-refractivity contribution in [3.63, 3.8) is 0 Å². The lowest BCUT2D eigenvalue weighted by Gasteiger charge is -2.21. The van der Waals surface area contributed by atoms with Crippen LogP contribution in [0.25, 0.3) is 0 Å². The molecule has 94 valence electrons. The number of nitrogens with two attached hydrogens (primary N) is 1. The number of rotatable bonds is 6. The molecule has 4 nitrogen and oxygen atoms in total. The van der Waals surface area contributed by atoms with Crippen molar-refractivity contribution >= 4 is 17.7 Å². The first-order valence-corrected chi connectivity index (χ1v) is 6.54. The smallest absolute Gasteiger partial charge is 0.325 e. The number of carbonyl (C=O) groups is 1. The van der Waals surface area contributed by atoms with Crippen LogP contribution in [0.4, 0.5) is 0 Å². The largest absolute Gasteiger partial charge is 0.465 e. The molecule has 0 aliphatic heterocycles. The lowest BCUT2D eigenvalue weighted by atomic mass is 10.0. The Labute approximate surface area is 106 Å². The van der Waals surface area contributed by atoms with Crippen LogP contribution in [-0.4, -0.2) is 28.9 Å². The summed E-state index contributed by atoms with van der Waals surface area (Å²) in [4.78, 5) is 16.6. The molecule has 0 radical (unpaired) electrons. The van der Waals surface area contributed by atoms with E-state index in [2.05, 4.69) is 4.98 Å². The molecule has 0 spiro atoms. The molecule has 0 aromatic carbocycles. The second-order valence-electron chi connectivity index (χ2n) is 3.92. The number of carbonyl (C=O) groups excluding carboxylic acids is 1. The highest BCUT2D eigenvalue weighted by atomic mass is 32.2. The number of hydrogen-bond acceptors (Lipinski definition) is 5. The van der Waals surface area contributed by atoms with Crippen LogP contribution in [0.15, 0.2) is 29.4 Å². The van der Waals surface area contributed by atoms with Gasteiger partial charge in [-0.15, -0.1) is 11.8 Å². The van der Waals surface area contributed by atoms with E-state index >= 15 is 0 Å². The average Bonchev–Trinajstić information content (AvgIpc) is 2.30. The fourth-order valence-electron chi connectivity index (χ4n) is 1.21. The zero-order valence-electron chi connectivity index (χ0n) is 10.2. The predicted octanol–water partition coefficient (Wildman–Crippen LogP) is 1.84. The third-order valence-electron chi connectivity index (χ3n) is 2.28. The molecule has 1 unspecified atom stereocenters. The summed E-state index contributed by atoms with van der Waals surface area (Å²) in [6.45, 7) is 3.85. The first kappa shape index (κ1) is 14.0. The van der Waals surface area contributed by atoms with Gasteiger partial charge in [0.05, 0.1) is 6.61 Å². The highest BCUT2D eigenvalue weighted by Crippen LogP contribution is 2.20. The number of thioether (sulfide) groups is 1. The Morgan fingerprint density at radius 3 is 2.76 bits per heavy atom. The fraction of sp³-hybridized carbons (Fsp3) is 0.500. The molecular weight excluding hydrogens is 236 g/mol. The van der Waals surface area contributed by atoms with Gasteiger partial charge in [0.2, 0.25) is 0 Å². The van der Waals surface area contributed by atoms with Crippen LogP contribution >= 0.6 is 11.8 Å². The van der Waals surface area contributed by atoms with E-state index in [1.807, 2.05) is 12.1 Å². The van der Waals surface area contributed by atoms with Crippen molar-refractivity contribution in [3.8, 4) is 0 Å². The Morgan fingerprint density at radius 2 is 2.18 bits per heavy atom. The number of esters is 1. The van der Waals surface area contributed by atoms with Crippen LogP contribution in [0, 0.1) is 0 Å². The maximum Gasteiger partial charge on any atom is 0.325 e. The summed E-state index contributed by atoms with van der Waals surface area (Å²) in [5.74, 6) is 0.436. The van der Waals surface area contributed by atoms with E-state index in [1.165, 1.54) is 0 Å². The van der Waals surface area contributed by atoms with Gasteiger partial charge in [0.15, 0.2) is 0 Å². The number of hydrogen-bond donors (Lipinski definition) is 1. The molecule has 1 heterocycles. The summed E-state index contributed by atoms with van der Waals surface area (Å²) < 4.78 is 4.93. The van der Waals surface area contributed by atoms with Gasteiger partial charge in [-0.05, 0) is 32.4 Å². The van der Waals surface area contributed by atoms with Crippen molar-refractivity contribution < 1.29 is 9.53 Å². The lowest BCUT2D eigenvalue weighted by Crippen LogP contribution is -2.46. The van der Waals surface area contributed by atoms with Gasteiger partial charge in [0.25, 0.3) is 0 Å². The third-order valence-corrected chi connectivity index (χ3v) is 3.30. The Hall–Kier alpha value is -1.07. The van der Waals surface area contributed by atoms with Crippen molar-refractivity contribution in [2.75, 3.05) is 12.4 Å². The number of aromatic nitrogens is 1. The molecule has 5 heteroatoms. The van der Waals surface area contributed by atoms with Crippen LogP contribution in [-0.2, 0) is 9.53 Å².